The Morgan fingerprint density at radius 3 is 2.90 bits per heavy atom. The maximum absolute atomic E-state index is 5.73. The summed E-state index contributed by atoms with van der Waals surface area (Å²) in [6.07, 6.45) is 6.26. The first-order valence-corrected chi connectivity index (χ1v) is 7.67. The third-order valence-corrected chi connectivity index (χ3v) is 4.60. The van der Waals surface area contributed by atoms with Crippen LogP contribution in [-0.2, 0) is 11.2 Å². The summed E-state index contributed by atoms with van der Waals surface area (Å²) in [5.74, 6) is 1.80. The molecule has 0 spiro atoms. The fourth-order valence-electron chi connectivity index (χ4n) is 3.51. The van der Waals surface area contributed by atoms with E-state index in [0.717, 1.165) is 43.9 Å². The summed E-state index contributed by atoms with van der Waals surface area (Å²) >= 11 is 0. The van der Waals surface area contributed by atoms with Gasteiger partial charge >= 0.3 is 0 Å². The predicted molar refractivity (Wildman–Crippen MR) is 75.2 cm³/mol. The molecule has 1 aromatic rings. The van der Waals surface area contributed by atoms with Gasteiger partial charge in [0.15, 0.2) is 11.5 Å². The topological polar surface area (TPSA) is 39.7 Å². The molecular weight excluding hydrogens is 254 g/mol. The van der Waals surface area contributed by atoms with E-state index in [4.69, 9.17) is 14.2 Å². The molecule has 20 heavy (non-hydrogen) atoms. The number of hydrogen-bond donors (Lipinski definition) is 1. The van der Waals surface area contributed by atoms with Crippen LogP contribution >= 0.6 is 0 Å². The van der Waals surface area contributed by atoms with Gasteiger partial charge in [-0.15, -0.1) is 0 Å². The Balaban J connectivity index is 1.51. The van der Waals surface area contributed by atoms with Gasteiger partial charge in [0.2, 0.25) is 6.79 Å². The minimum absolute atomic E-state index is 0.353. The van der Waals surface area contributed by atoms with E-state index >= 15 is 0 Å². The summed E-state index contributed by atoms with van der Waals surface area (Å²) in [5, 5.41) is 3.64. The first-order chi connectivity index (χ1) is 9.90. The Kier molecular flexibility index (Phi) is 3.28. The normalized spacial score (nSPS) is 27.6. The van der Waals surface area contributed by atoms with E-state index in [9.17, 15) is 0 Å². The number of hydrogen-bond acceptors (Lipinski definition) is 4. The third-order valence-electron chi connectivity index (χ3n) is 4.60. The van der Waals surface area contributed by atoms with Crippen LogP contribution in [0.1, 0.15) is 42.9 Å². The maximum atomic E-state index is 5.73. The molecule has 4 heteroatoms. The molecule has 2 atom stereocenters. The fraction of sp³-hybridized carbons (Fsp3) is 0.625. The van der Waals surface area contributed by atoms with E-state index in [1.54, 1.807) is 0 Å². The quantitative estimate of drug-likeness (QED) is 0.920. The second-order valence-corrected chi connectivity index (χ2v) is 5.87. The zero-order valence-electron chi connectivity index (χ0n) is 11.7. The van der Waals surface area contributed by atoms with Crippen molar-refractivity contribution in [1.29, 1.82) is 0 Å². The fourth-order valence-corrected chi connectivity index (χ4v) is 3.51. The molecular formula is C16H21NO3. The molecule has 1 fully saturated rings. The highest BCUT2D eigenvalue weighted by atomic mass is 16.7. The summed E-state index contributed by atoms with van der Waals surface area (Å²) < 4.78 is 16.7. The molecule has 0 amide bonds. The number of benzene rings is 1. The number of ether oxygens (including phenoxy) is 3. The van der Waals surface area contributed by atoms with Gasteiger partial charge in [-0.1, -0.05) is 0 Å². The summed E-state index contributed by atoms with van der Waals surface area (Å²) in [4.78, 5) is 0. The average molecular weight is 275 g/mol. The molecule has 3 aliphatic rings. The van der Waals surface area contributed by atoms with Crippen LogP contribution in [0.25, 0.3) is 0 Å². The zero-order valence-corrected chi connectivity index (χ0v) is 11.7. The Labute approximate surface area is 119 Å². The smallest absolute Gasteiger partial charge is 0.231 e. The highest BCUT2D eigenvalue weighted by molar-refractivity contribution is 5.50. The molecule has 0 radical (unpaired) electrons. The molecule has 1 aromatic carbocycles. The van der Waals surface area contributed by atoms with E-state index in [0.29, 0.717) is 18.9 Å². The molecule has 0 aliphatic carbocycles. The molecule has 4 rings (SSSR count). The second kappa shape index (κ2) is 5.26. The van der Waals surface area contributed by atoms with Crippen LogP contribution in [0.3, 0.4) is 0 Å². The van der Waals surface area contributed by atoms with Crippen molar-refractivity contribution >= 4 is 0 Å². The van der Waals surface area contributed by atoms with Gasteiger partial charge in [0.25, 0.3) is 0 Å². The highest BCUT2D eigenvalue weighted by Gasteiger charge is 2.26. The van der Waals surface area contributed by atoms with Crippen molar-refractivity contribution in [3.8, 4) is 11.5 Å². The van der Waals surface area contributed by atoms with Crippen molar-refractivity contribution in [3.05, 3.63) is 23.3 Å². The molecule has 2 unspecified atom stereocenters. The average Bonchev–Trinajstić information content (AvgIpc) is 3.13. The second-order valence-electron chi connectivity index (χ2n) is 5.87. The first kappa shape index (κ1) is 12.5. The van der Waals surface area contributed by atoms with Crippen molar-refractivity contribution in [2.75, 3.05) is 19.9 Å². The van der Waals surface area contributed by atoms with Gasteiger partial charge in [0.1, 0.15) is 0 Å². The molecule has 0 saturated carbocycles. The van der Waals surface area contributed by atoms with E-state index < -0.39 is 0 Å². The summed E-state index contributed by atoms with van der Waals surface area (Å²) in [6.45, 7) is 2.34. The molecule has 1 N–H and O–H groups in total. The predicted octanol–water partition coefficient (Wildman–Crippen LogP) is 2.56. The van der Waals surface area contributed by atoms with E-state index in [2.05, 4.69) is 17.4 Å². The first-order valence-electron chi connectivity index (χ1n) is 7.67. The Hall–Kier alpha value is -1.26. The molecule has 0 bridgehead atoms. The van der Waals surface area contributed by atoms with Crippen LogP contribution in [0.5, 0.6) is 11.5 Å². The lowest BCUT2D eigenvalue weighted by atomic mass is 9.90. The van der Waals surface area contributed by atoms with E-state index in [1.807, 2.05) is 0 Å². The zero-order chi connectivity index (χ0) is 13.4. The lowest BCUT2D eigenvalue weighted by molar-refractivity contribution is 0.0993. The standard InChI is InChI=1S/C16H21NO3/c1-2-12(18-7-1)3-4-14-13-9-16-15(19-10-20-16)8-11(13)5-6-17-14/h8-9,12,14,17H,1-7,10H2. The number of nitrogens with one attached hydrogen (secondary N) is 1. The summed E-state index contributed by atoms with van der Waals surface area (Å²) in [5.41, 5.74) is 2.80. The Morgan fingerprint density at radius 1 is 1.15 bits per heavy atom. The van der Waals surface area contributed by atoms with Gasteiger partial charge in [0.05, 0.1) is 6.10 Å². The van der Waals surface area contributed by atoms with E-state index in [1.165, 1.54) is 24.0 Å². The van der Waals surface area contributed by atoms with Crippen LogP contribution < -0.4 is 14.8 Å². The highest BCUT2D eigenvalue weighted by Crippen LogP contribution is 2.39. The Bertz CT molecular complexity index is 497. The van der Waals surface area contributed by atoms with Crippen molar-refractivity contribution in [3.63, 3.8) is 0 Å². The summed E-state index contributed by atoms with van der Waals surface area (Å²) in [6, 6.07) is 4.76. The van der Waals surface area contributed by atoms with Crippen LogP contribution in [-0.4, -0.2) is 26.0 Å². The number of fused-ring (bicyclic) bond motifs is 2. The lowest BCUT2D eigenvalue weighted by Gasteiger charge is -2.28. The third kappa shape index (κ3) is 2.27. The molecule has 0 aromatic heterocycles. The van der Waals surface area contributed by atoms with Gasteiger partial charge < -0.3 is 19.5 Å². The van der Waals surface area contributed by atoms with Crippen LogP contribution in [0, 0.1) is 0 Å². The largest absolute Gasteiger partial charge is 0.454 e. The molecule has 4 nitrogen and oxygen atoms in total. The minimum Gasteiger partial charge on any atom is -0.454 e. The van der Waals surface area contributed by atoms with Crippen molar-refractivity contribution in [2.24, 2.45) is 0 Å². The Morgan fingerprint density at radius 2 is 2.05 bits per heavy atom. The minimum atomic E-state index is 0.353. The molecule has 3 heterocycles. The molecule has 1 saturated heterocycles. The van der Waals surface area contributed by atoms with Crippen molar-refractivity contribution in [2.45, 2.75) is 44.2 Å². The van der Waals surface area contributed by atoms with Crippen LogP contribution in [0.15, 0.2) is 12.1 Å². The van der Waals surface area contributed by atoms with Crippen molar-refractivity contribution < 1.29 is 14.2 Å². The van der Waals surface area contributed by atoms with Gasteiger partial charge in [-0.25, -0.2) is 0 Å². The van der Waals surface area contributed by atoms with Gasteiger partial charge in [-0.2, -0.15) is 0 Å². The molecule has 108 valence electrons. The van der Waals surface area contributed by atoms with Gasteiger partial charge in [0, 0.05) is 12.6 Å². The van der Waals surface area contributed by atoms with Crippen LogP contribution in [0.2, 0.25) is 0 Å². The van der Waals surface area contributed by atoms with Gasteiger partial charge in [-0.05, 0) is 61.9 Å². The monoisotopic (exact) mass is 275 g/mol. The lowest BCUT2D eigenvalue weighted by Crippen LogP contribution is -2.30. The molecule has 3 aliphatic heterocycles. The van der Waals surface area contributed by atoms with Gasteiger partial charge in [-0.3, -0.25) is 0 Å². The van der Waals surface area contributed by atoms with Crippen LogP contribution in [0.4, 0.5) is 0 Å². The maximum Gasteiger partial charge on any atom is 0.231 e. The summed E-state index contributed by atoms with van der Waals surface area (Å²) in [7, 11) is 0. The van der Waals surface area contributed by atoms with E-state index in [-0.39, 0.29) is 0 Å². The number of rotatable bonds is 3. The SMILES string of the molecule is c1c2c(cc3c1OCO3)C(CCC1CCCO1)NCC2. The van der Waals surface area contributed by atoms with Crippen molar-refractivity contribution in [1.82, 2.24) is 5.32 Å².